The molecule has 0 unspecified atom stereocenters. The van der Waals surface area contributed by atoms with Crippen molar-refractivity contribution in [3.05, 3.63) is 35.9 Å². The molecule has 0 aliphatic carbocycles. The lowest BCUT2D eigenvalue weighted by molar-refractivity contribution is -0.0126. The molecule has 1 heterocycles. The lowest BCUT2D eigenvalue weighted by Crippen LogP contribution is -2.29. The van der Waals surface area contributed by atoms with E-state index >= 15 is 0 Å². The highest BCUT2D eigenvalue weighted by Crippen LogP contribution is 2.23. The van der Waals surface area contributed by atoms with Crippen molar-refractivity contribution < 1.29 is 14.6 Å². The number of hydrogen-bond donors (Lipinski definition) is 1. The van der Waals surface area contributed by atoms with Crippen LogP contribution in [0.1, 0.15) is 18.9 Å². The molecule has 0 radical (unpaired) electrons. The Bertz CT molecular complexity index is 380. The lowest BCUT2D eigenvalue weighted by atomic mass is 10.1. The van der Waals surface area contributed by atoms with Crippen LogP contribution in [0.5, 0.6) is 0 Å². The summed E-state index contributed by atoms with van der Waals surface area (Å²) in [5.41, 5.74) is 0.888. The molecule has 3 nitrogen and oxygen atoms in total. The maximum atomic E-state index is 9.19. The number of ether oxygens (including phenoxy) is 2. The van der Waals surface area contributed by atoms with Crippen molar-refractivity contribution in [2.24, 2.45) is 0 Å². The second kappa shape index (κ2) is 5.58. The molecular weight excluding hydrogens is 236 g/mol. The highest BCUT2D eigenvalue weighted by Gasteiger charge is 2.34. The number of aliphatic hydroxyl groups excluding tert-OH is 1. The van der Waals surface area contributed by atoms with Crippen LogP contribution in [0.15, 0.2) is 30.3 Å². The molecule has 3 atom stereocenters. The van der Waals surface area contributed by atoms with Crippen LogP contribution < -0.4 is 0 Å². The van der Waals surface area contributed by atoms with Gasteiger partial charge in [0.15, 0.2) is 5.05 Å². The van der Waals surface area contributed by atoms with Crippen molar-refractivity contribution in [1.82, 2.24) is 0 Å². The van der Waals surface area contributed by atoms with E-state index in [4.69, 9.17) is 21.7 Å². The van der Waals surface area contributed by atoms with Gasteiger partial charge in [0, 0.05) is 12.0 Å². The Balaban J connectivity index is 1.99. The first-order chi connectivity index (χ1) is 8.20. The molecule has 0 amide bonds. The highest BCUT2D eigenvalue weighted by atomic mass is 32.1. The van der Waals surface area contributed by atoms with E-state index in [1.54, 1.807) is 0 Å². The molecule has 0 spiro atoms. The molecule has 0 bridgehead atoms. The van der Waals surface area contributed by atoms with E-state index in [1.807, 2.05) is 37.3 Å². The maximum Gasteiger partial charge on any atom is 0.191 e. The van der Waals surface area contributed by atoms with Crippen LogP contribution in [0.4, 0.5) is 0 Å². The molecule has 1 aromatic carbocycles. The van der Waals surface area contributed by atoms with Crippen LogP contribution >= 0.6 is 12.2 Å². The van der Waals surface area contributed by atoms with Gasteiger partial charge in [0.05, 0.1) is 12.7 Å². The molecule has 17 heavy (non-hydrogen) atoms. The molecule has 0 aromatic heterocycles. The first-order valence-electron chi connectivity index (χ1n) is 5.73. The standard InChI is InChI=1S/C13H16O3S/c1-9-7-11(12(8-14)15-9)16-13(17)10-5-3-2-4-6-10/h2-6,9,11-12,14H,7-8H2,1H3/t9-,11+,12+/m0/s1. The van der Waals surface area contributed by atoms with Gasteiger partial charge in [-0.05, 0) is 19.1 Å². The largest absolute Gasteiger partial charge is 0.477 e. The van der Waals surface area contributed by atoms with E-state index < -0.39 is 0 Å². The topological polar surface area (TPSA) is 38.7 Å². The van der Waals surface area contributed by atoms with Gasteiger partial charge in [-0.25, -0.2) is 0 Å². The van der Waals surface area contributed by atoms with Crippen molar-refractivity contribution in [3.63, 3.8) is 0 Å². The fourth-order valence-electron chi connectivity index (χ4n) is 1.98. The first-order valence-corrected chi connectivity index (χ1v) is 6.14. The van der Waals surface area contributed by atoms with Gasteiger partial charge in [-0.15, -0.1) is 0 Å². The minimum Gasteiger partial charge on any atom is -0.477 e. The number of hydrogen-bond acceptors (Lipinski definition) is 4. The first kappa shape index (κ1) is 12.5. The van der Waals surface area contributed by atoms with E-state index in [9.17, 15) is 5.11 Å². The third-order valence-electron chi connectivity index (χ3n) is 2.83. The zero-order chi connectivity index (χ0) is 12.3. The van der Waals surface area contributed by atoms with Crippen LogP contribution in [-0.4, -0.2) is 35.1 Å². The molecule has 4 heteroatoms. The van der Waals surface area contributed by atoms with E-state index in [-0.39, 0.29) is 24.9 Å². The van der Waals surface area contributed by atoms with E-state index in [1.165, 1.54) is 0 Å². The molecule has 1 saturated heterocycles. The Morgan fingerprint density at radius 2 is 2.18 bits per heavy atom. The summed E-state index contributed by atoms with van der Waals surface area (Å²) in [6.45, 7) is 1.93. The maximum absolute atomic E-state index is 9.19. The fourth-order valence-corrected chi connectivity index (χ4v) is 2.24. The van der Waals surface area contributed by atoms with E-state index in [0.717, 1.165) is 12.0 Å². The summed E-state index contributed by atoms with van der Waals surface area (Å²) in [7, 11) is 0. The summed E-state index contributed by atoms with van der Waals surface area (Å²) in [6, 6.07) is 9.60. The predicted molar refractivity (Wildman–Crippen MR) is 69.1 cm³/mol. The number of thiocarbonyl (C=S) groups is 1. The third-order valence-corrected chi connectivity index (χ3v) is 3.17. The summed E-state index contributed by atoms with van der Waals surface area (Å²) in [4.78, 5) is 0. The molecule has 0 saturated carbocycles. The zero-order valence-electron chi connectivity index (χ0n) is 9.70. The second-order valence-electron chi connectivity index (χ2n) is 4.21. The van der Waals surface area contributed by atoms with Crippen molar-refractivity contribution in [2.75, 3.05) is 6.61 Å². The van der Waals surface area contributed by atoms with Crippen molar-refractivity contribution in [2.45, 2.75) is 31.7 Å². The molecule has 1 aliphatic heterocycles. The van der Waals surface area contributed by atoms with Gasteiger partial charge in [0.25, 0.3) is 0 Å². The quantitative estimate of drug-likeness (QED) is 0.834. The average Bonchev–Trinajstić information content (AvgIpc) is 2.70. The second-order valence-corrected chi connectivity index (χ2v) is 4.58. The van der Waals surface area contributed by atoms with Gasteiger partial charge < -0.3 is 14.6 Å². The van der Waals surface area contributed by atoms with Crippen molar-refractivity contribution in [1.29, 1.82) is 0 Å². The highest BCUT2D eigenvalue weighted by molar-refractivity contribution is 7.80. The molecule has 1 aliphatic rings. The average molecular weight is 252 g/mol. The summed E-state index contributed by atoms with van der Waals surface area (Å²) in [6.07, 6.45) is 0.447. The van der Waals surface area contributed by atoms with Crippen LogP contribution in [0, 0.1) is 0 Å². The Morgan fingerprint density at radius 3 is 2.82 bits per heavy atom. The lowest BCUT2D eigenvalue weighted by Gasteiger charge is -2.18. The molecular formula is C13H16O3S. The minimum absolute atomic E-state index is 0.0353. The van der Waals surface area contributed by atoms with Gasteiger partial charge in [-0.3, -0.25) is 0 Å². The van der Waals surface area contributed by atoms with E-state index in [2.05, 4.69) is 0 Å². The monoisotopic (exact) mass is 252 g/mol. The number of aliphatic hydroxyl groups is 1. The zero-order valence-corrected chi connectivity index (χ0v) is 10.5. The number of rotatable bonds is 3. The van der Waals surface area contributed by atoms with E-state index in [0.29, 0.717) is 5.05 Å². The van der Waals surface area contributed by atoms with Crippen LogP contribution in [0.3, 0.4) is 0 Å². The summed E-state index contributed by atoms with van der Waals surface area (Å²) < 4.78 is 11.2. The van der Waals surface area contributed by atoms with Crippen LogP contribution in [0.25, 0.3) is 0 Å². The smallest absolute Gasteiger partial charge is 0.191 e. The molecule has 1 fully saturated rings. The Hall–Kier alpha value is -0.970. The molecule has 1 aromatic rings. The van der Waals surface area contributed by atoms with Crippen LogP contribution in [-0.2, 0) is 9.47 Å². The molecule has 1 N–H and O–H groups in total. The normalized spacial score (nSPS) is 28.0. The summed E-state index contributed by atoms with van der Waals surface area (Å²) in [5, 5.41) is 9.65. The Labute approximate surface area is 106 Å². The van der Waals surface area contributed by atoms with Crippen molar-refractivity contribution >= 4 is 17.3 Å². The van der Waals surface area contributed by atoms with Crippen molar-refractivity contribution in [3.8, 4) is 0 Å². The van der Waals surface area contributed by atoms with Crippen LogP contribution in [0.2, 0.25) is 0 Å². The molecule has 2 rings (SSSR count). The fraction of sp³-hybridized carbons (Fsp3) is 0.462. The van der Waals surface area contributed by atoms with Gasteiger partial charge >= 0.3 is 0 Å². The Morgan fingerprint density at radius 1 is 1.47 bits per heavy atom. The molecule has 92 valence electrons. The third kappa shape index (κ3) is 3.03. The van der Waals surface area contributed by atoms with Gasteiger partial charge in [0.1, 0.15) is 12.2 Å². The van der Waals surface area contributed by atoms with Gasteiger partial charge in [-0.2, -0.15) is 0 Å². The number of benzene rings is 1. The predicted octanol–water partition coefficient (Wildman–Crippen LogP) is 1.92. The van der Waals surface area contributed by atoms with Gasteiger partial charge in [0.2, 0.25) is 0 Å². The Kier molecular flexibility index (Phi) is 4.10. The summed E-state index contributed by atoms with van der Waals surface area (Å²) in [5.74, 6) is 0. The van der Waals surface area contributed by atoms with Gasteiger partial charge in [-0.1, -0.05) is 30.3 Å². The SMILES string of the molecule is C[C@H]1C[C@@H](OC(=S)c2ccccc2)[C@@H](CO)O1. The summed E-state index contributed by atoms with van der Waals surface area (Å²) >= 11 is 5.24. The minimum atomic E-state index is -0.272.